The molecule has 0 spiro atoms. The molecule has 8 nitrogen and oxygen atoms in total. The molecule has 1 aliphatic carbocycles. The maximum atomic E-state index is 12.6. The lowest BCUT2D eigenvalue weighted by Gasteiger charge is -2.15. The van der Waals surface area contributed by atoms with Gasteiger partial charge in [0.1, 0.15) is 11.3 Å². The van der Waals surface area contributed by atoms with Crippen LogP contribution in [-0.2, 0) is 21.8 Å². The number of carbonyl (C=O) groups excluding carboxylic acids is 2. The average molecular weight is 559 g/mol. The quantitative estimate of drug-likeness (QED) is 0.152. The fourth-order valence-electron chi connectivity index (χ4n) is 3.98. The van der Waals surface area contributed by atoms with E-state index < -0.39 is 0 Å². The van der Waals surface area contributed by atoms with Crippen LogP contribution in [0.4, 0.5) is 0 Å². The van der Waals surface area contributed by atoms with Gasteiger partial charge in [-0.15, -0.1) is 11.3 Å². The highest BCUT2D eigenvalue weighted by Crippen LogP contribution is 2.30. The van der Waals surface area contributed by atoms with Crippen LogP contribution in [0.5, 0.6) is 5.75 Å². The van der Waals surface area contributed by atoms with E-state index in [2.05, 4.69) is 20.8 Å². The molecule has 1 atom stereocenters. The van der Waals surface area contributed by atoms with E-state index in [-0.39, 0.29) is 17.7 Å². The highest BCUT2D eigenvalue weighted by atomic mass is 32.2. The van der Waals surface area contributed by atoms with E-state index in [1.54, 1.807) is 36.8 Å². The molecule has 0 saturated heterocycles. The zero-order chi connectivity index (χ0) is 27.0. The van der Waals surface area contributed by atoms with Gasteiger partial charge in [0.25, 0.3) is 5.22 Å². The van der Waals surface area contributed by atoms with Crippen molar-refractivity contribution in [3.8, 4) is 5.75 Å². The molecular formula is C29H26N4O4S2. The highest BCUT2D eigenvalue weighted by molar-refractivity contribution is 7.98. The number of thiophene rings is 1. The second-order valence-electron chi connectivity index (χ2n) is 8.71. The Balaban J connectivity index is 1.12. The van der Waals surface area contributed by atoms with Gasteiger partial charge in [-0.3, -0.25) is 9.59 Å². The highest BCUT2D eigenvalue weighted by Gasteiger charge is 2.18. The molecule has 2 N–H and O–H groups in total. The molecule has 2 aromatic heterocycles. The van der Waals surface area contributed by atoms with Crippen LogP contribution in [0, 0.1) is 5.92 Å². The number of amides is 2. The number of aromatic nitrogens is 1. The molecule has 4 aromatic rings. The normalized spacial score (nSPS) is 14.9. The first-order valence-electron chi connectivity index (χ1n) is 12.3. The van der Waals surface area contributed by atoms with Crippen LogP contribution in [-0.4, -0.2) is 30.1 Å². The van der Waals surface area contributed by atoms with Gasteiger partial charge in [-0.1, -0.05) is 42.1 Å². The summed E-state index contributed by atoms with van der Waals surface area (Å²) in [5.41, 5.74) is 6.65. The zero-order valence-electron chi connectivity index (χ0n) is 21.1. The first-order chi connectivity index (χ1) is 19.1. The van der Waals surface area contributed by atoms with Crippen LogP contribution in [0.1, 0.15) is 22.4 Å². The van der Waals surface area contributed by atoms with Crippen molar-refractivity contribution in [2.75, 3.05) is 7.11 Å². The first-order valence-corrected chi connectivity index (χ1v) is 14.1. The maximum Gasteiger partial charge on any atom is 0.257 e. The van der Waals surface area contributed by atoms with Crippen molar-refractivity contribution in [1.29, 1.82) is 0 Å². The Labute approximate surface area is 233 Å². The number of oxazole rings is 1. The minimum atomic E-state index is -0.362. The van der Waals surface area contributed by atoms with Crippen LogP contribution in [0.2, 0.25) is 0 Å². The van der Waals surface area contributed by atoms with Crippen molar-refractivity contribution in [2.24, 2.45) is 11.0 Å². The third kappa shape index (κ3) is 7.04. The molecule has 2 aromatic carbocycles. The number of para-hydroxylation sites is 2. The molecule has 2 heterocycles. The Morgan fingerprint density at radius 1 is 1.23 bits per heavy atom. The lowest BCUT2D eigenvalue weighted by Crippen LogP contribution is -2.29. The Kier molecular flexibility index (Phi) is 8.55. The van der Waals surface area contributed by atoms with Crippen molar-refractivity contribution in [1.82, 2.24) is 15.7 Å². The molecule has 0 saturated carbocycles. The van der Waals surface area contributed by atoms with Gasteiger partial charge in [-0.25, -0.2) is 10.4 Å². The smallest absolute Gasteiger partial charge is 0.257 e. The summed E-state index contributed by atoms with van der Waals surface area (Å²) in [5.74, 6) is 0.682. The summed E-state index contributed by atoms with van der Waals surface area (Å²) < 4.78 is 11.3. The number of hydrogen-bond acceptors (Lipinski definition) is 8. The molecule has 1 unspecified atom stereocenters. The van der Waals surface area contributed by atoms with E-state index in [0.717, 1.165) is 32.9 Å². The van der Waals surface area contributed by atoms with Gasteiger partial charge in [0.15, 0.2) is 5.58 Å². The Bertz CT molecular complexity index is 1520. The summed E-state index contributed by atoms with van der Waals surface area (Å²) in [6, 6.07) is 17.2. The van der Waals surface area contributed by atoms with E-state index in [0.29, 0.717) is 29.5 Å². The number of nitrogens with zero attached hydrogens (tertiary/aromatic N) is 2. The van der Waals surface area contributed by atoms with Crippen LogP contribution < -0.4 is 15.5 Å². The van der Waals surface area contributed by atoms with Crippen molar-refractivity contribution in [3.63, 3.8) is 0 Å². The van der Waals surface area contributed by atoms with Crippen LogP contribution in [0.3, 0.4) is 0 Å². The van der Waals surface area contributed by atoms with E-state index in [9.17, 15) is 9.59 Å². The minimum absolute atomic E-state index is 0.0769. The van der Waals surface area contributed by atoms with Crippen LogP contribution in [0.15, 0.2) is 98.6 Å². The van der Waals surface area contributed by atoms with Gasteiger partial charge in [0.05, 0.1) is 25.7 Å². The standard InChI is InChI=1S/C29H26N4O4S2/c1-36-25-13-8-19(15-21(25)18-39-29-32-24-6-2-3-7-26(24)37-29)17-30-33-28(35)20-9-11-22(12-10-20)31-27(34)16-23-5-4-14-38-23/h2-9,11-15,17,20H,10,16,18H2,1H3,(H,31,34)(H,33,35)/b30-17+. The fourth-order valence-corrected chi connectivity index (χ4v) is 5.50. The van der Waals surface area contributed by atoms with E-state index in [4.69, 9.17) is 9.15 Å². The third-order valence-corrected chi connectivity index (χ3v) is 7.71. The number of carbonyl (C=O) groups is 2. The Morgan fingerprint density at radius 3 is 2.90 bits per heavy atom. The van der Waals surface area contributed by atoms with Gasteiger partial charge in [0.2, 0.25) is 11.8 Å². The Hall–Kier alpha value is -4.15. The molecule has 0 radical (unpaired) electrons. The first kappa shape index (κ1) is 26.5. The number of allylic oxidation sites excluding steroid dienone is 2. The van der Waals surface area contributed by atoms with Crippen LogP contribution in [0.25, 0.3) is 11.1 Å². The number of rotatable bonds is 10. The summed E-state index contributed by atoms with van der Waals surface area (Å²) in [4.78, 5) is 30.3. The molecule has 5 rings (SSSR count). The van der Waals surface area contributed by atoms with E-state index in [1.807, 2.05) is 66.1 Å². The molecule has 2 amide bonds. The molecule has 0 fully saturated rings. The van der Waals surface area contributed by atoms with Crippen molar-refractivity contribution in [2.45, 2.75) is 23.8 Å². The zero-order valence-corrected chi connectivity index (χ0v) is 22.8. The molecule has 198 valence electrons. The minimum Gasteiger partial charge on any atom is -0.496 e. The summed E-state index contributed by atoms with van der Waals surface area (Å²) in [5, 5.41) is 9.56. The van der Waals surface area contributed by atoms with Crippen molar-refractivity contribution < 1.29 is 18.7 Å². The van der Waals surface area contributed by atoms with Gasteiger partial charge in [0, 0.05) is 21.9 Å². The number of nitrogens with one attached hydrogen (secondary N) is 2. The number of benzene rings is 2. The molecule has 0 aliphatic heterocycles. The average Bonchev–Trinajstić information content (AvgIpc) is 3.62. The van der Waals surface area contributed by atoms with Gasteiger partial charge >= 0.3 is 0 Å². The van der Waals surface area contributed by atoms with Crippen molar-refractivity contribution >= 4 is 52.2 Å². The lowest BCUT2D eigenvalue weighted by molar-refractivity contribution is -0.123. The molecule has 39 heavy (non-hydrogen) atoms. The maximum absolute atomic E-state index is 12.6. The number of fused-ring (bicyclic) bond motifs is 1. The molecular weight excluding hydrogens is 532 g/mol. The summed E-state index contributed by atoms with van der Waals surface area (Å²) in [6.45, 7) is 0. The number of ether oxygens (including phenoxy) is 1. The third-order valence-electron chi connectivity index (χ3n) is 5.95. The molecule has 0 bridgehead atoms. The van der Waals surface area contributed by atoms with Crippen LogP contribution >= 0.6 is 23.1 Å². The lowest BCUT2D eigenvalue weighted by atomic mass is 9.99. The molecule has 10 heteroatoms. The number of thioether (sulfide) groups is 1. The Morgan fingerprint density at radius 2 is 2.13 bits per heavy atom. The summed E-state index contributed by atoms with van der Waals surface area (Å²) in [6.07, 6.45) is 7.80. The number of hydrazone groups is 1. The predicted octanol–water partition coefficient (Wildman–Crippen LogP) is 5.46. The monoisotopic (exact) mass is 558 g/mol. The number of hydrogen-bond donors (Lipinski definition) is 2. The van der Waals surface area contributed by atoms with E-state index >= 15 is 0 Å². The molecule has 1 aliphatic rings. The second kappa shape index (κ2) is 12.6. The second-order valence-corrected chi connectivity index (χ2v) is 10.7. The van der Waals surface area contributed by atoms with Gasteiger partial charge in [-0.2, -0.15) is 5.10 Å². The summed E-state index contributed by atoms with van der Waals surface area (Å²) in [7, 11) is 1.63. The largest absolute Gasteiger partial charge is 0.496 e. The van der Waals surface area contributed by atoms with Crippen molar-refractivity contribution in [3.05, 3.63) is 99.9 Å². The fraction of sp³-hybridized carbons (Fsp3) is 0.172. The summed E-state index contributed by atoms with van der Waals surface area (Å²) >= 11 is 3.03. The SMILES string of the molecule is COc1ccc(/C=N/NC(=O)C2C=CC(NC(=O)Cc3cccs3)=CC2)cc1CSc1nc2ccccc2o1. The predicted molar refractivity (Wildman–Crippen MR) is 154 cm³/mol. The van der Waals surface area contributed by atoms with E-state index in [1.165, 1.54) is 11.8 Å². The topological polar surface area (TPSA) is 106 Å². The van der Waals surface area contributed by atoms with Gasteiger partial charge < -0.3 is 14.5 Å². The number of methoxy groups -OCH3 is 1. The van der Waals surface area contributed by atoms with Gasteiger partial charge in [-0.05, 0) is 59.8 Å².